The van der Waals surface area contributed by atoms with Gasteiger partial charge in [0.1, 0.15) is 6.04 Å². The minimum absolute atomic E-state index is 0.0215. The smallest absolute Gasteiger partial charge is 0.241 e. The zero-order chi connectivity index (χ0) is 18.5. The van der Waals surface area contributed by atoms with Crippen LogP contribution < -0.4 is 10.0 Å². The molecule has 24 heavy (non-hydrogen) atoms. The second-order valence-corrected chi connectivity index (χ2v) is 8.47. The molecule has 1 rings (SSSR count). The first-order valence-electron chi connectivity index (χ1n) is 7.90. The van der Waals surface area contributed by atoms with E-state index in [0.29, 0.717) is 0 Å². The van der Waals surface area contributed by atoms with Crippen LogP contribution in [0.5, 0.6) is 0 Å². The summed E-state index contributed by atoms with van der Waals surface area (Å²) in [6, 6.07) is 3.18. The monoisotopic (exact) mass is 394 g/mol. The molecule has 0 aromatic heterocycles. The van der Waals surface area contributed by atoms with E-state index >= 15 is 0 Å². The molecule has 1 aromatic carbocycles. The SMILES string of the molecule is CCC(CC)NC(=O)[C@@H](NS(=O)(=O)c1ccc(Cl)c(Cl)c1)C(C)C. The molecule has 0 fully saturated rings. The molecule has 0 saturated heterocycles. The molecule has 0 aliphatic heterocycles. The van der Waals surface area contributed by atoms with Gasteiger partial charge in [-0.25, -0.2) is 8.42 Å². The zero-order valence-electron chi connectivity index (χ0n) is 14.3. The quantitative estimate of drug-likeness (QED) is 0.706. The summed E-state index contributed by atoms with van der Waals surface area (Å²) in [7, 11) is -3.89. The molecule has 1 atom stereocenters. The Morgan fingerprint density at radius 2 is 1.71 bits per heavy atom. The summed E-state index contributed by atoms with van der Waals surface area (Å²) in [6.45, 7) is 7.51. The first kappa shape index (κ1) is 21.2. The largest absolute Gasteiger partial charge is 0.352 e. The lowest BCUT2D eigenvalue weighted by Gasteiger charge is -2.24. The number of benzene rings is 1. The molecular formula is C16H24Cl2N2O3S. The summed E-state index contributed by atoms with van der Waals surface area (Å²) >= 11 is 11.7. The summed E-state index contributed by atoms with van der Waals surface area (Å²) in [5.41, 5.74) is 0. The Kier molecular flexibility index (Phi) is 7.99. The van der Waals surface area contributed by atoms with Gasteiger partial charge in [-0.2, -0.15) is 4.72 Å². The van der Waals surface area contributed by atoms with Crippen molar-refractivity contribution in [3.8, 4) is 0 Å². The average molecular weight is 395 g/mol. The molecule has 0 heterocycles. The second-order valence-electron chi connectivity index (χ2n) is 5.94. The van der Waals surface area contributed by atoms with E-state index in [1.165, 1.54) is 18.2 Å². The number of hydrogen-bond donors (Lipinski definition) is 2. The van der Waals surface area contributed by atoms with E-state index in [2.05, 4.69) is 10.0 Å². The molecule has 0 bridgehead atoms. The van der Waals surface area contributed by atoms with Crippen molar-refractivity contribution >= 4 is 39.1 Å². The third-order valence-corrected chi connectivity index (χ3v) is 5.94. The van der Waals surface area contributed by atoms with E-state index in [0.717, 1.165) is 12.8 Å². The number of halogens is 2. The third-order valence-electron chi connectivity index (χ3n) is 3.76. The minimum Gasteiger partial charge on any atom is -0.352 e. The highest BCUT2D eigenvalue weighted by Gasteiger charge is 2.29. The van der Waals surface area contributed by atoms with Crippen molar-refractivity contribution in [3.05, 3.63) is 28.2 Å². The minimum atomic E-state index is -3.89. The number of amides is 1. The van der Waals surface area contributed by atoms with E-state index in [1.807, 2.05) is 13.8 Å². The fourth-order valence-corrected chi connectivity index (χ4v) is 3.89. The van der Waals surface area contributed by atoms with Crippen LogP contribution in [0.4, 0.5) is 0 Å². The van der Waals surface area contributed by atoms with Gasteiger partial charge >= 0.3 is 0 Å². The van der Waals surface area contributed by atoms with Gasteiger partial charge in [-0.15, -0.1) is 0 Å². The first-order chi connectivity index (χ1) is 11.1. The lowest BCUT2D eigenvalue weighted by atomic mass is 10.0. The van der Waals surface area contributed by atoms with Crippen LogP contribution in [-0.4, -0.2) is 26.4 Å². The summed E-state index contributed by atoms with van der Waals surface area (Å²) in [6.07, 6.45) is 1.57. The standard InChI is InChI=1S/C16H24Cl2N2O3S/c1-5-11(6-2)19-16(21)15(10(3)4)20-24(22,23)12-7-8-13(17)14(18)9-12/h7-11,15,20H,5-6H2,1-4H3,(H,19,21)/t15-/m0/s1. The highest BCUT2D eigenvalue weighted by molar-refractivity contribution is 7.89. The lowest BCUT2D eigenvalue weighted by Crippen LogP contribution is -2.51. The Hall–Kier alpha value is -0.820. The molecule has 2 N–H and O–H groups in total. The molecule has 0 unspecified atom stereocenters. The van der Waals surface area contributed by atoms with Crippen LogP contribution in [0.3, 0.4) is 0 Å². The van der Waals surface area contributed by atoms with Crippen LogP contribution in [-0.2, 0) is 14.8 Å². The molecule has 0 aliphatic carbocycles. The van der Waals surface area contributed by atoms with Crippen molar-refractivity contribution < 1.29 is 13.2 Å². The van der Waals surface area contributed by atoms with E-state index in [4.69, 9.17) is 23.2 Å². The molecule has 1 amide bonds. The average Bonchev–Trinajstić information content (AvgIpc) is 2.52. The maximum Gasteiger partial charge on any atom is 0.241 e. The molecule has 0 spiro atoms. The normalized spacial score (nSPS) is 13.3. The van der Waals surface area contributed by atoms with Crippen molar-refractivity contribution in [2.24, 2.45) is 5.92 Å². The molecule has 1 aromatic rings. The van der Waals surface area contributed by atoms with Crippen LogP contribution in [0.15, 0.2) is 23.1 Å². The van der Waals surface area contributed by atoms with Gasteiger partial charge < -0.3 is 5.32 Å². The van der Waals surface area contributed by atoms with E-state index in [1.54, 1.807) is 13.8 Å². The van der Waals surface area contributed by atoms with Crippen molar-refractivity contribution in [3.63, 3.8) is 0 Å². The molecule has 0 aliphatic rings. The molecule has 8 heteroatoms. The third kappa shape index (κ3) is 5.62. The Bertz CT molecular complexity index is 674. The fourth-order valence-electron chi connectivity index (χ4n) is 2.16. The highest BCUT2D eigenvalue weighted by Crippen LogP contribution is 2.25. The molecule has 5 nitrogen and oxygen atoms in total. The van der Waals surface area contributed by atoms with Crippen LogP contribution >= 0.6 is 23.2 Å². The van der Waals surface area contributed by atoms with E-state index in [9.17, 15) is 13.2 Å². The topological polar surface area (TPSA) is 75.3 Å². The van der Waals surface area contributed by atoms with Gasteiger partial charge in [0.05, 0.1) is 14.9 Å². The predicted molar refractivity (Wildman–Crippen MR) is 97.9 cm³/mol. The van der Waals surface area contributed by atoms with Gasteiger partial charge in [-0.05, 0) is 37.0 Å². The van der Waals surface area contributed by atoms with Crippen molar-refractivity contribution in [2.75, 3.05) is 0 Å². The summed E-state index contributed by atoms with van der Waals surface area (Å²) in [5.74, 6) is -0.542. The second kappa shape index (κ2) is 9.04. The van der Waals surface area contributed by atoms with Crippen LogP contribution in [0.25, 0.3) is 0 Å². The van der Waals surface area contributed by atoms with Crippen molar-refractivity contribution in [1.29, 1.82) is 0 Å². The fraction of sp³-hybridized carbons (Fsp3) is 0.562. The summed E-state index contributed by atoms with van der Waals surface area (Å²) in [5, 5.41) is 3.29. The van der Waals surface area contributed by atoms with Gasteiger partial charge in [0.2, 0.25) is 15.9 Å². The Labute approximate surface area is 154 Å². The number of hydrogen-bond acceptors (Lipinski definition) is 3. The van der Waals surface area contributed by atoms with Gasteiger partial charge in [0.25, 0.3) is 0 Å². The lowest BCUT2D eigenvalue weighted by molar-refractivity contribution is -0.124. The van der Waals surface area contributed by atoms with Crippen molar-refractivity contribution in [2.45, 2.75) is 57.5 Å². The predicted octanol–water partition coefficient (Wildman–Crippen LogP) is 3.60. The van der Waals surface area contributed by atoms with Crippen LogP contribution in [0, 0.1) is 5.92 Å². The summed E-state index contributed by atoms with van der Waals surface area (Å²) in [4.78, 5) is 12.4. The first-order valence-corrected chi connectivity index (χ1v) is 10.1. The Morgan fingerprint density at radius 3 is 2.17 bits per heavy atom. The molecule has 136 valence electrons. The van der Waals surface area contributed by atoms with E-state index in [-0.39, 0.29) is 32.8 Å². The van der Waals surface area contributed by atoms with Gasteiger partial charge in [0.15, 0.2) is 0 Å². The van der Waals surface area contributed by atoms with Crippen molar-refractivity contribution in [1.82, 2.24) is 10.0 Å². The number of nitrogens with one attached hydrogen (secondary N) is 2. The van der Waals surface area contributed by atoms with Gasteiger partial charge in [-0.3, -0.25) is 4.79 Å². The summed E-state index contributed by atoms with van der Waals surface area (Å²) < 4.78 is 27.6. The molecule has 0 saturated carbocycles. The van der Waals surface area contributed by atoms with Crippen LogP contribution in [0.2, 0.25) is 10.0 Å². The van der Waals surface area contributed by atoms with E-state index < -0.39 is 16.1 Å². The van der Waals surface area contributed by atoms with Gasteiger partial charge in [-0.1, -0.05) is 50.9 Å². The maximum absolute atomic E-state index is 12.5. The highest BCUT2D eigenvalue weighted by atomic mass is 35.5. The Balaban J connectivity index is 3.02. The molecular weight excluding hydrogens is 371 g/mol. The number of carbonyl (C=O) groups is 1. The number of sulfonamides is 1. The maximum atomic E-state index is 12.5. The zero-order valence-corrected chi connectivity index (χ0v) is 16.6. The van der Waals surface area contributed by atoms with Crippen LogP contribution in [0.1, 0.15) is 40.5 Å². The Morgan fingerprint density at radius 1 is 1.12 bits per heavy atom. The number of rotatable bonds is 8. The number of carbonyl (C=O) groups excluding carboxylic acids is 1. The molecule has 0 radical (unpaired) electrons. The van der Waals surface area contributed by atoms with Gasteiger partial charge in [0, 0.05) is 6.04 Å².